The van der Waals surface area contributed by atoms with E-state index in [2.05, 4.69) is 4.98 Å². The maximum Gasteiger partial charge on any atom is 0.255 e. The number of carbonyl (C=O) groups is 3. The quantitative estimate of drug-likeness (QED) is 0.303. The van der Waals surface area contributed by atoms with E-state index in [4.69, 9.17) is 17.3 Å². The number of hydrogen-bond acceptors (Lipinski definition) is 9. The van der Waals surface area contributed by atoms with Crippen molar-refractivity contribution in [3.05, 3.63) is 38.9 Å². The minimum absolute atomic E-state index is 0.000432. The van der Waals surface area contributed by atoms with Crippen molar-refractivity contribution in [3.8, 4) is 5.75 Å². The molecule has 6 N–H and O–H groups in total. The maximum absolute atomic E-state index is 13.7. The minimum Gasteiger partial charge on any atom is -0.508 e. The summed E-state index contributed by atoms with van der Waals surface area (Å²) in [6.07, 6.45) is 1.13. The molecule has 0 saturated heterocycles. The fraction of sp³-hybridized carbons (Fsp3) is 0.478. The highest BCUT2D eigenvalue weighted by Gasteiger charge is 2.64. The van der Waals surface area contributed by atoms with E-state index in [-0.39, 0.29) is 40.6 Å². The number of Topliss-reactive ketones (excluding diaryl/α,β-unsaturated/α-hetero) is 2. The Balaban J connectivity index is 1.98. The predicted octanol–water partition coefficient (Wildman–Crippen LogP) is 0.965. The van der Waals surface area contributed by atoms with Gasteiger partial charge < -0.3 is 26.2 Å². The zero-order valence-corrected chi connectivity index (χ0v) is 19.7. The molecule has 1 amide bonds. The van der Waals surface area contributed by atoms with Crippen LogP contribution in [0.15, 0.2) is 16.9 Å². The van der Waals surface area contributed by atoms with Gasteiger partial charge in [-0.1, -0.05) is 24.9 Å². The Morgan fingerprint density at radius 1 is 1.26 bits per heavy atom. The second-order valence-corrected chi connectivity index (χ2v) is 9.62. The monoisotopic (exact) mass is 491 g/mol. The third-order valence-corrected chi connectivity index (χ3v) is 7.41. The second kappa shape index (κ2) is 8.07. The number of aryl methyl sites for hydroxylation is 1. The average molecular weight is 492 g/mol. The van der Waals surface area contributed by atoms with Gasteiger partial charge in [-0.05, 0) is 39.3 Å². The third-order valence-electron chi connectivity index (χ3n) is 7.09. The van der Waals surface area contributed by atoms with Crippen molar-refractivity contribution in [1.29, 1.82) is 0 Å². The van der Waals surface area contributed by atoms with Crippen molar-refractivity contribution < 1.29 is 34.8 Å². The van der Waals surface area contributed by atoms with Crippen molar-refractivity contribution in [2.24, 2.45) is 17.6 Å². The molecule has 0 unspecified atom stereocenters. The van der Waals surface area contributed by atoms with Crippen LogP contribution in [0.4, 0.5) is 0 Å². The number of rotatable bonds is 4. The lowest BCUT2D eigenvalue weighted by atomic mass is 9.57. The van der Waals surface area contributed by atoms with Crippen molar-refractivity contribution >= 4 is 34.8 Å². The lowest BCUT2D eigenvalue weighted by Gasteiger charge is -2.50. The van der Waals surface area contributed by atoms with Gasteiger partial charge in [0.15, 0.2) is 11.4 Å². The van der Waals surface area contributed by atoms with Gasteiger partial charge in [-0.2, -0.15) is 0 Å². The van der Waals surface area contributed by atoms with Crippen LogP contribution in [-0.4, -0.2) is 73.5 Å². The zero-order chi connectivity index (χ0) is 25.3. The summed E-state index contributed by atoms with van der Waals surface area (Å²) in [5.41, 5.74) is 2.15. The van der Waals surface area contributed by atoms with Crippen molar-refractivity contribution in [2.45, 2.75) is 44.2 Å². The number of aromatic nitrogens is 1. The molecule has 34 heavy (non-hydrogen) atoms. The lowest BCUT2D eigenvalue weighted by Crippen LogP contribution is -2.65. The summed E-state index contributed by atoms with van der Waals surface area (Å²) in [5, 5.41) is 44.4. The molecule has 1 aromatic heterocycles. The topological polar surface area (TPSA) is 174 Å². The van der Waals surface area contributed by atoms with Crippen LogP contribution in [0.3, 0.4) is 0 Å². The molecular weight excluding hydrogens is 466 g/mol. The normalized spacial score (nSPS) is 28.7. The van der Waals surface area contributed by atoms with Crippen LogP contribution < -0.4 is 5.73 Å². The Bertz CT molecular complexity index is 1210. The van der Waals surface area contributed by atoms with Crippen LogP contribution >= 0.6 is 11.6 Å². The molecule has 1 aromatic rings. The number of aromatic hydroxyl groups is 1. The number of halogens is 1. The van der Waals surface area contributed by atoms with Crippen LogP contribution in [0.1, 0.15) is 36.6 Å². The van der Waals surface area contributed by atoms with Gasteiger partial charge in [-0.25, -0.2) is 4.98 Å². The van der Waals surface area contributed by atoms with Gasteiger partial charge in [0.1, 0.15) is 28.0 Å². The van der Waals surface area contributed by atoms with E-state index in [1.807, 2.05) is 6.92 Å². The Morgan fingerprint density at radius 2 is 1.91 bits per heavy atom. The molecule has 1 fully saturated rings. The van der Waals surface area contributed by atoms with E-state index in [1.165, 1.54) is 4.90 Å². The van der Waals surface area contributed by atoms with Gasteiger partial charge in [-0.15, -0.1) is 0 Å². The summed E-state index contributed by atoms with van der Waals surface area (Å²) in [6, 6.07) is -1.13. The molecule has 0 radical (unpaired) electrons. The fourth-order valence-corrected chi connectivity index (χ4v) is 5.89. The summed E-state index contributed by atoms with van der Waals surface area (Å²) in [7, 11) is 3.09. The van der Waals surface area contributed by atoms with E-state index in [0.29, 0.717) is 18.4 Å². The number of hydrogen-bond donors (Lipinski definition) is 5. The lowest BCUT2D eigenvalue weighted by molar-refractivity contribution is -0.153. The van der Waals surface area contributed by atoms with Crippen LogP contribution in [0.2, 0.25) is 5.15 Å². The number of nitrogens with zero attached hydrogens (tertiary/aromatic N) is 2. The molecule has 0 aliphatic heterocycles. The number of amides is 1. The Labute approximate surface area is 200 Å². The predicted molar refractivity (Wildman–Crippen MR) is 121 cm³/mol. The largest absolute Gasteiger partial charge is 0.508 e. The maximum atomic E-state index is 13.7. The highest BCUT2D eigenvalue weighted by molar-refractivity contribution is 6.30. The first kappa shape index (κ1) is 24.2. The smallest absolute Gasteiger partial charge is 0.255 e. The zero-order valence-electron chi connectivity index (χ0n) is 18.9. The molecule has 3 aliphatic rings. The number of carbonyl (C=O) groups excluding carboxylic acids is 3. The van der Waals surface area contributed by atoms with E-state index < -0.39 is 58.0 Å². The van der Waals surface area contributed by atoms with Crippen LogP contribution in [0.25, 0.3) is 5.76 Å². The average Bonchev–Trinajstić information content (AvgIpc) is 2.74. The first-order chi connectivity index (χ1) is 15.9. The van der Waals surface area contributed by atoms with Crippen molar-refractivity contribution in [3.63, 3.8) is 0 Å². The number of likely N-dealkylation sites (N-methyl/N-ethyl adjacent to an activating group) is 1. The summed E-state index contributed by atoms with van der Waals surface area (Å²) in [5.74, 6) is -6.95. The molecule has 11 heteroatoms. The van der Waals surface area contributed by atoms with Gasteiger partial charge >= 0.3 is 0 Å². The summed E-state index contributed by atoms with van der Waals surface area (Å²) >= 11 is 6.38. The molecule has 4 atom stereocenters. The van der Waals surface area contributed by atoms with Gasteiger partial charge in [0, 0.05) is 17.1 Å². The van der Waals surface area contributed by atoms with E-state index in [9.17, 15) is 34.8 Å². The number of nitrogens with two attached hydrogens (primary N) is 1. The van der Waals surface area contributed by atoms with Crippen LogP contribution in [0, 0.1) is 11.8 Å². The highest BCUT2D eigenvalue weighted by atomic mass is 35.5. The molecule has 1 heterocycles. The van der Waals surface area contributed by atoms with E-state index >= 15 is 0 Å². The van der Waals surface area contributed by atoms with Crippen molar-refractivity contribution in [2.75, 3.05) is 14.1 Å². The molecule has 4 rings (SSSR count). The fourth-order valence-electron chi connectivity index (χ4n) is 5.61. The summed E-state index contributed by atoms with van der Waals surface area (Å²) in [4.78, 5) is 44.4. The van der Waals surface area contributed by atoms with E-state index in [1.54, 1.807) is 14.1 Å². The Hall–Kier alpha value is -2.95. The van der Waals surface area contributed by atoms with Gasteiger partial charge in [0.05, 0.1) is 17.3 Å². The highest BCUT2D eigenvalue weighted by Crippen LogP contribution is 2.53. The Morgan fingerprint density at radius 3 is 2.47 bits per heavy atom. The number of pyridine rings is 1. The first-order valence-electron chi connectivity index (χ1n) is 10.9. The number of fused-ring (bicyclic) bond motifs is 3. The van der Waals surface area contributed by atoms with Crippen LogP contribution in [0.5, 0.6) is 5.75 Å². The molecule has 1 saturated carbocycles. The van der Waals surface area contributed by atoms with Gasteiger partial charge in [-0.3, -0.25) is 19.3 Å². The second-order valence-electron chi connectivity index (χ2n) is 9.26. The molecule has 182 valence electrons. The molecule has 3 aliphatic carbocycles. The molecule has 10 nitrogen and oxygen atoms in total. The standard InChI is InChI=1S/C23H26ClN3O7/c1-4-5-11-16(28)13-9(21(24)26-11)6-8-7-10-15(27(2)3)18(30)14(22(25)33)20(32)23(10,34)19(31)12(8)17(13)29/h8,10,15,28-29,32,34H,4-7H2,1-3H3,(H2,25,33)/t8-,10-,15-,23-/m0/s1. The van der Waals surface area contributed by atoms with Gasteiger partial charge in [0.25, 0.3) is 5.91 Å². The number of aliphatic hydroxyl groups is 3. The molecular formula is C23H26ClN3O7. The molecule has 0 bridgehead atoms. The minimum atomic E-state index is -2.66. The SMILES string of the molecule is CCCc1nc(Cl)c2c(c1O)C(O)=C1C(=O)[C@]3(O)C(O)=C(C(N)=O)C(=O)[C@@H](N(C)C)[C@@H]3C[C@@H]1C2. The van der Waals surface area contributed by atoms with Crippen molar-refractivity contribution in [1.82, 2.24) is 9.88 Å². The number of aliphatic hydroxyl groups excluding tert-OH is 2. The van der Waals surface area contributed by atoms with E-state index in [0.717, 1.165) is 0 Å². The third kappa shape index (κ3) is 3.09. The summed E-state index contributed by atoms with van der Waals surface area (Å²) in [6.45, 7) is 1.88. The summed E-state index contributed by atoms with van der Waals surface area (Å²) < 4.78 is 0. The van der Waals surface area contributed by atoms with Crippen LogP contribution in [-0.2, 0) is 27.2 Å². The Kier molecular flexibility index (Phi) is 5.74. The molecule has 0 aromatic carbocycles. The van der Waals surface area contributed by atoms with Gasteiger partial charge in [0.2, 0.25) is 5.78 Å². The molecule has 0 spiro atoms. The number of primary amides is 1. The number of ketones is 2. The first-order valence-corrected chi connectivity index (χ1v) is 11.3.